The van der Waals surface area contributed by atoms with Gasteiger partial charge in [0.25, 0.3) is 0 Å². The van der Waals surface area contributed by atoms with E-state index in [1.54, 1.807) is 0 Å². The molecule has 0 unspecified atom stereocenters. The van der Waals surface area contributed by atoms with Crippen LogP contribution in [0.5, 0.6) is 5.88 Å². The van der Waals surface area contributed by atoms with Crippen molar-refractivity contribution in [2.75, 3.05) is 18.6 Å². The van der Waals surface area contributed by atoms with E-state index >= 15 is 0 Å². The van der Waals surface area contributed by atoms with Crippen molar-refractivity contribution in [2.45, 2.75) is 19.9 Å². The van der Waals surface area contributed by atoms with E-state index in [2.05, 4.69) is 16.9 Å². The highest BCUT2D eigenvalue weighted by Gasteiger charge is 2.07. The van der Waals surface area contributed by atoms with Gasteiger partial charge in [-0.2, -0.15) is 0 Å². The maximum absolute atomic E-state index is 5.60. The van der Waals surface area contributed by atoms with Crippen LogP contribution in [0.4, 0.5) is 11.5 Å². The number of anilines is 2. The topological polar surface area (TPSA) is 64.3 Å². The number of benzene rings is 1. The molecule has 0 fully saturated rings. The summed E-state index contributed by atoms with van der Waals surface area (Å²) < 4.78 is 5.52. The van der Waals surface area contributed by atoms with Crippen molar-refractivity contribution in [3.63, 3.8) is 0 Å². The fourth-order valence-electron chi connectivity index (χ4n) is 1.79. The molecule has 1 heterocycles. The molecule has 0 amide bonds. The van der Waals surface area contributed by atoms with Crippen LogP contribution < -0.4 is 15.4 Å². The number of rotatable bonds is 6. The minimum atomic E-state index is 0.548. The third-order valence-electron chi connectivity index (χ3n) is 2.98. The molecular formula is C15H20N4O. The highest BCUT2D eigenvalue weighted by molar-refractivity contribution is 5.59. The molecule has 0 aliphatic carbocycles. The SMILES string of the molecule is CCCOc1cc(N(C)c2ccc(CN)cc2)ncn1. The average molecular weight is 272 g/mol. The predicted octanol–water partition coefficient (Wildman–Crippen LogP) is 2.49. The van der Waals surface area contributed by atoms with Crippen LogP contribution in [0.25, 0.3) is 0 Å². The number of hydrogen-bond acceptors (Lipinski definition) is 5. The summed E-state index contributed by atoms with van der Waals surface area (Å²) in [4.78, 5) is 10.4. The summed E-state index contributed by atoms with van der Waals surface area (Å²) >= 11 is 0. The molecular weight excluding hydrogens is 252 g/mol. The van der Waals surface area contributed by atoms with Crippen molar-refractivity contribution in [3.8, 4) is 5.88 Å². The van der Waals surface area contributed by atoms with E-state index in [1.165, 1.54) is 6.33 Å². The van der Waals surface area contributed by atoms with Crippen LogP contribution in [0.3, 0.4) is 0 Å². The second-order valence-corrected chi connectivity index (χ2v) is 4.49. The van der Waals surface area contributed by atoms with Crippen LogP contribution in [0.2, 0.25) is 0 Å². The van der Waals surface area contributed by atoms with E-state index in [0.717, 1.165) is 23.5 Å². The summed E-state index contributed by atoms with van der Waals surface area (Å²) in [5, 5.41) is 0. The van der Waals surface area contributed by atoms with Crippen LogP contribution in [0.15, 0.2) is 36.7 Å². The van der Waals surface area contributed by atoms with Gasteiger partial charge < -0.3 is 15.4 Å². The Morgan fingerprint density at radius 1 is 1.20 bits per heavy atom. The smallest absolute Gasteiger partial charge is 0.218 e. The lowest BCUT2D eigenvalue weighted by atomic mass is 10.2. The maximum Gasteiger partial charge on any atom is 0.218 e. The Morgan fingerprint density at radius 2 is 1.95 bits per heavy atom. The molecule has 20 heavy (non-hydrogen) atoms. The largest absolute Gasteiger partial charge is 0.478 e. The molecule has 0 spiro atoms. The van der Waals surface area contributed by atoms with Crippen LogP contribution in [-0.4, -0.2) is 23.6 Å². The second kappa shape index (κ2) is 6.86. The van der Waals surface area contributed by atoms with Gasteiger partial charge >= 0.3 is 0 Å². The van der Waals surface area contributed by atoms with E-state index in [9.17, 15) is 0 Å². The number of hydrogen-bond donors (Lipinski definition) is 1. The van der Waals surface area contributed by atoms with Crippen molar-refractivity contribution in [3.05, 3.63) is 42.2 Å². The molecule has 106 valence electrons. The van der Waals surface area contributed by atoms with Crippen molar-refractivity contribution >= 4 is 11.5 Å². The molecule has 0 radical (unpaired) electrons. The fraction of sp³-hybridized carbons (Fsp3) is 0.333. The monoisotopic (exact) mass is 272 g/mol. The number of nitrogens with two attached hydrogens (primary N) is 1. The summed E-state index contributed by atoms with van der Waals surface area (Å²) in [6.45, 7) is 3.27. The summed E-state index contributed by atoms with van der Waals surface area (Å²) in [6, 6.07) is 9.92. The van der Waals surface area contributed by atoms with Gasteiger partial charge in [-0.1, -0.05) is 19.1 Å². The molecule has 2 aromatic rings. The zero-order chi connectivity index (χ0) is 14.4. The second-order valence-electron chi connectivity index (χ2n) is 4.49. The quantitative estimate of drug-likeness (QED) is 0.875. The molecule has 0 aliphatic heterocycles. The van der Waals surface area contributed by atoms with E-state index in [4.69, 9.17) is 10.5 Å². The van der Waals surface area contributed by atoms with E-state index in [1.807, 2.05) is 42.3 Å². The van der Waals surface area contributed by atoms with Crippen LogP contribution in [-0.2, 0) is 6.54 Å². The van der Waals surface area contributed by atoms with E-state index < -0.39 is 0 Å². The standard InChI is InChI=1S/C15H20N4O/c1-3-8-20-15-9-14(17-11-18-15)19(2)13-6-4-12(10-16)5-7-13/h4-7,9,11H,3,8,10,16H2,1-2H3. The Bertz CT molecular complexity index is 542. The molecule has 0 atom stereocenters. The molecule has 0 saturated heterocycles. The van der Waals surface area contributed by atoms with Crippen molar-refractivity contribution in [1.29, 1.82) is 0 Å². The van der Waals surface area contributed by atoms with Gasteiger partial charge in [-0.3, -0.25) is 0 Å². The first-order chi connectivity index (χ1) is 9.74. The maximum atomic E-state index is 5.60. The summed E-state index contributed by atoms with van der Waals surface area (Å²) in [5.74, 6) is 1.40. The van der Waals surface area contributed by atoms with Crippen LogP contribution >= 0.6 is 0 Å². The Kier molecular flexibility index (Phi) is 4.90. The third-order valence-corrected chi connectivity index (χ3v) is 2.98. The molecule has 0 saturated carbocycles. The molecule has 5 heteroatoms. The van der Waals surface area contributed by atoms with E-state index in [-0.39, 0.29) is 0 Å². The minimum absolute atomic E-state index is 0.548. The molecule has 2 rings (SSSR count). The number of nitrogens with zero attached hydrogens (tertiary/aromatic N) is 3. The first-order valence-electron chi connectivity index (χ1n) is 6.72. The Balaban J connectivity index is 2.16. The van der Waals surface area contributed by atoms with Gasteiger partial charge in [-0.05, 0) is 24.1 Å². The summed E-state index contributed by atoms with van der Waals surface area (Å²) in [6.07, 6.45) is 2.47. The third kappa shape index (κ3) is 3.45. The van der Waals surface area contributed by atoms with E-state index in [0.29, 0.717) is 19.0 Å². The van der Waals surface area contributed by atoms with Crippen LogP contribution in [0, 0.1) is 0 Å². The zero-order valence-electron chi connectivity index (χ0n) is 11.9. The van der Waals surface area contributed by atoms with Gasteiger partial charge in [0, 0.05) is 25.3 Å². The zero-order valence-corrected chi connectivity index (χ0v) is 11.9. The Labute approximate surface area is 119 Å². The van der Waals surface area contributed by atoms with Gasteiger partial charge in [0.05, 0.1) is 6.61 Å². The predicted molar refractivity (Wildman–Crippen MR) is 80.2 cm³/mol. The minimum Gasteiger partial charge on any atom is -0.478 e. The van der Waals surface area contributed by atoms with Gasteiger partial charge in [0.1, 0.15) is 12.1 Å². The molecule has 1 aromatic carbocycles. The van der Waals surface area contributed by atoms with Crippen molar-refractivity contribution in [2.24, 2.45) is 5.73 Å². The average Bonchev–Trinajstić information content (AvgIpc) is 2.52. The summed E-state index contributed by atoms with van der Waals surface area (Å²) in [7, 11) is 1.96. The lowest BCUT2D eigenvalue weighted by Crippen LogP contribution is -2.12. The molecule has 5 nitrogen and oxygen atoms in total. The molecule has 2 N–H and O–H groups in total. The first kappa shape index (κ1) is 14.3. The Morgan fingerprint density at radius 3 is 2.60 bits per heavy atom. The van der Waals surface area contributed by atoms with Gasteiger partial charge in [-0.15, -0.1) is 0 Å². The van der Waals surface area contributed by atoms with Crippen molar-refractivity contribution in [1.82, 2.24) is 9.97 Å². The summed E-state index contributed by atoms with van der Waals surface area (Å²) in [5.41, 5.74) is 7.75. The van der Waals surface area contributed by atoms with Crippen molar-refractivity contribution < 1.29 is 4.74 Å². The number of ether oxygens (including phenoxy) is 1. The normalized spacial score (nSPS) is 10.3. The lowest BCUT2D eigenvalue weighted by molar-refractivity contribution is 0.305. The van der Waals surface area contributed by atoms with Gasteiger partial charge in [0.2, 0.25) is 5.88 Å². The fourth-order valence-corrected chi connectivity index (χ4v) is 1.79. The van der Waals surface area contributed by atoms with Gasteiger partial charge in [-0.25, -0.2) is 9.97 Å². The number of aromatic nitrogens is 2. The molecule has 0 aliphatic rings. The highest BCUT2D eigenvalue weighted by atomic mass is 16.5. The first-order valence-corrected chi connectivity index (χ1v) is 6.72. The molecule has 0 bridgehead atoms. The lowest BCUT2D eigenvalue weighted by Gasteiger charge is -2.18. The van der Waals surface area contributed by atoms with Crippen LogP contribution in [0.1, 0.15) is 18.9 Å². The van der Waals surface area contributed by atoms with Gasteiger partial charge in [0.15, 0.2) is 0 Å². The Hall–Kier alpha value is -2.14. The highest BCUT2D eigenvalue weighted by Crippen LogP contribution is 2.23. The molecule has 1 aromatic heterocycles.